The zero-order valence-electron chi connectivity index (χ0n) is 20.9. The van der Waals surface area contributed by atoms with Crippen LogP contribution in [-0.4, -0.2) is 61.4 Å². The first-order chi connectivity index (χ1) is 18.1. The summed E-state index contributed by atoms with van der Waals surface area (Å²) in [6, 6.07) is 7.21. The van der Waals surface area contributed by atoms with Gasteiger partial charge in [0.15, 0.2) is 6.10 Å². The molecule has 4 rings (SSSR count). The molecular weight excluding hydrogens is 514 g/mol. The van der Waals surface area contributed by atoms with Crippen molar-refractivity contribution in [3.63, 3.8) is 0 Å². The van der Waals surface area contributed by atoms with Crippen molar-refractivity contribution in [1.29, 1.82) is 0 Å². The molecule has 0 spiro atoms. The van der Waals surface area contributed by atoms with Crippen LogP contribution < -0.4 is 20.5 Å². The van der Waals surface area contributed by atoms with E-state index < -0.39 is 57.6 Å². The number of hydrogen-bond donors (Lipinski definition) is 4. The normalized spacial score (nSPS) is 28.9. The van der Waals surface area contributed by atoms with E-state index in [0.717, 1.165) is 12.8 Å². The molecule has 4 amide bonds. The molecule has 12 nitrogen and oxygen atoms in total. The van der Waals surface area contributed by atoms with Gasteiger partial charge in [0, 0.05) is 12.5 Å². The second kappa shape index (κ2) is 11.4. The first kappa shape index (κ1) is 27.4. The molecule has 1 aliphatic carbocycles. The highest BCUT2D eigenvalue weighted by Crippen LogP contribution is 2.45. The molecule has 3 aliphatic rings. The van der Waals surface area contributed by atoms with Gasteiger partial charge in [-0.25, -0.2) is 9.52 Å². The predicted molar refractivity (Wildman–Crippen MR) is 138 cm³/mol. The van der Waals surface area contributed by atoms with Gasteiger partial charge in [-0.3, -0.25) is 19.1 Å². The number of nitrogens with zero attached hydrogens (tertiary/aromatic N) is 1. The summed E-state index contributed by atoms with van der Waals surface area (Å²) in [7, 11) is -4.27. The van der Waals surface area contributed by atoms with Crippen molar-refractivity contribution >= 4 is 39.7 Å². The highest BCUT2D eigenvalue weighted by molar-refractivity contribution is 7.91. The van der Waals surface area contributed by atoms with E-state index >= 15 is 0 Å². The fourth-order valence-electron chi connectivity index (χ4n) is 5.08. The minimum absolute atomic E-state index is 0.218. The number of nitrogens with two attached hydrogens (primary N) is 1. The number of ether oxygens (including phenoxy) is 1. The Hall–Kier alpha value is -3.61. The number of allylic oxidation sites excluding steroid dienone is 1. The number of benzene rings is 1. The lowest BCUT2D eigenvalue weighted by molar-refractivity contribution is -0.146. The Bertz CT molecular complexity index is 1210. The van der Waals surface area contributed by atoms with Crippen molar-refractivity contribution in [1.82, 2.24) is 14.9 Å². The number of carbonyl (C=O) groups excluding carboxylic acids is 4. The third-order valence-corrected chi connectivity index (χ3v) is 8.06. The van der Waals surface area contributed by atoms with Crippen molar-refractivity contribution < 1.29 is 32.3 Å². The van der Waals surface area contributed by atoms with Crippen LogP contribution in [-0.2, 0) is 29.3 Å². The molecule has 0 aromatic heterocycles. The number of rotatable bonds is 5. The smallest absolute Gasteiger partial charge is 0.405 e. The van der Waals surface area contributed by atoms with E-state index in [1.165, 1.54) is 17.0 Å². The molecule has 2 aliphatic heterocycles. The van der Waals surface area contributed by atoms with Crippen LogP contribution >= 0.6 is 0 Å². The molecule has 1 saturated carbocycles. The first-order valence-corrected chi connectivity index (χ1v) is 14.2. The third kappa shape index (κ3) is 6.44. The van der Waals surface area contributed by atoms with Gasteiger partial charge >= 0.3 is 16.3 Å². The average molecular weight is 548 g/mol. The molecule has 0 radical (unpaired) electrons. The quantitative estimate of drug-likeness (QED) is 0.402. The van der Waals surface area contributed by atoms with Crippen molar-refractivity contribution in [3.8, 4) is 0 Å². The van der Waals surface area contributed by atoms with Crippen LogP contribution in [0.5, 0.6) is 0 Å². The summed E-state index contributed by atoms with van der Waals surface area (Å²) in [5.41, 5.74) is 3.99. The third-order valence-electron chi connectivity index (χ3n) is 7.10. The summed E-state index contributed by atoms with van der Waals surface area (Å²) in [6.45, 7) is 0.285. The molecular formula is C25H33N5O7S. The number of nitrogens with one attached hydrogen (secondary N) is 3. The van der Waals surface area contributed by atoms with Crippen LogP contribution in [0.3, 0.4) is 0 Å². The van der Waals surface area contributed by atoms with E-state index in [1.54, 1.807) is 18.2 Å². The lowest BCUT2D eigenvalue weighted by atomic mass is 10.1. The van der Waals surface area contributed by atoms with Gasteiger partial charge in [0.25, 0.3) is 11.8 Å². The Kier molecular flexibility index (Phi) is 8.24. The van der Waals surface area contributed by atoms with E-state index in [2.05, 4.69) is 10.0 Å². The molecule has 13 heteroatoms. The SMILES string of the molecule is NC(=O)OC1CCCCC/C=C/C2CC2(C(=O)NS(=O)(=O)Nc2ccccc2)NC(=O)C2CCCN2C1=O. The topological polar surface area (TPSA) is 177 Å². The second-order valence-corrected chi connectivity index (χ2v) is 11.3. The van der Waals surface area contributed by atoms with E-state index in [4.69, 9.17) is 10.5 Å². The number of carbonyl (C=O) groups is 4. The zero-order valence-corrected chi connectivity index (χ0v) is 21.7. The number of hydrogen-bond acceptors (Lipinski definition) is 7. The molecule has 1 aromatic carbocycles. The Morgan fingerprint density at radius 2 is 1.84 bits per heavy atom. The van der Waals surface area contributed by atoms with Gasteiger partial charge in [-0.1, -0.05) is 36.8 Å². The van der Waals surface area contributed by atoms with Crippen LogP contribution in [0.1, 0.15) is 51.4 Å². The summed E-state index contributed by atoms with van der Waals surface area (Å²) < 4.78 is 34.8. The maximum atomic E-state index is 13.4. The summed E-state index contributed by atoms with van der Waals surface area (Å²) in [6.07, 6.45) is 5.88. The predicted octanol–water partition coefficient (Wildman–Crippen LogP) is 1.31. The van der Waals surface area contributed by atoms with Gasteiger partial charge in [-0.2, -0.15) is 8.42 Å². The summed E-state index contributed by atoms with van der Waals surface area (Å²) in [5, 5.41) is 2.75. The molecule has 206 valence electrons. The number of fused-ring (bicyclic) bond motifs is 2. The number of para-hydroxylation sites is 1. The van der Waals surface area contributed by atoms with Crippen LogP contribution in [0.15, 0.2) is 42.5 Å². The van der Waals surface area contributed by atoms with Gasteiger partial charge in [0.2, 0.25) is 5.91 Å². The maximum Gasteiger partial charge on any atom is 0.405 e. The van der Waals surface area contributed by atoms with E-state index in [1.807, 2.05) is 16.9 Å². The van der Waals surface area contributed by atoms with Crippen molar-refractivity contribution in [2.75, 3.05) is 11.3 Å². The monoisotopic (exact) mass is 547 g/mol. The fraction of sp³-hybridized carbons (Fsp3) is 0.520. The molecule has 4 unspecified atom stereocenters. The van der Waals surface area contributed by atoms with Crippen LogP contribution in [0.2, 0.25) is 0 Å². The minimum atomic E-state index is -4.27. The van der Waals surface area contributed by atoms with E-state index in [0.29, 0.717) is 25.7 Å². The highest BCUT2D eigenvalue weighted by Gasteiger charge is 2.61. The summed E-state index contributed by atoms with van der Waals surface area (Å²) in [5.74, 6) is -2.34. The standard InChI is InChI=1S/C25H33N5O7S/c26-24(34)37-20-14-8-3-1-2-5-10-17-16-25(17,27-21(31)19-13-9-15-30(19)22(20)32)23(33)29-38(35,36)28-18-11-6-4-7-12-18/h4-7,10-12,17,19-20,28H,1-3,8-9,13-16H2,(H2,26,34)(H,27,31)(H,29,33)/b10-5+. The average Bonchev–Trinajstić information content (AvgIpc) is 3.32. The number of anilines is 1. The van der Waals surface area contributed by atoms with Crippen LogP contribution in [0.4, 0.5) is 10.5 Å². The molecule has 4 atom stereocenters. The molecule has 1 saturated heterocycles. The first-order valence-electron chi connectivity index (χ1n) is 12.8. The Morgan fingerprint density at radius 1 is 1.08 bits per heavy atom. The second-order valence-electron chi connectivity index (χ2n) is 9.86. The van der Waals surface area contributed by atoms with Crippen LogP contribution in [0, 0.1) is 5.92 Å². The molecule has 5 N–H and O–H groups in total. The van der Waals surface area contributed by atoms with Crippen molar-refractivity contribution in [2.45, 2.75) is 69.1 Å². The zero-order chi connectivity index (χ0) is 27.3. The van der Waals surface area contributed by atoms with Gasteiger partial charge in [0.1, 0.15) is 11.6 Å². The lowest BCUT2D eigenvalue weighted by Crippen LogP contribution is -2.57. The molecule has 0 bridgehead atoms. The van der Waals surface area contributed by atoms with Crippen molar-refractivity contribution in [2.24, 2.45) is 11.7 Å². The van der Waals surface area contributed by atoms with E-state index in [-0.39, 0.29) is 25.1 Å². The Morgan fingerprint density at radius 3 is 2.58 bits per heavy atom. The number of amides is 4. The Labute approximate surface area is 221 Å². The Balaban J connectivity index is 1.55. The summed E-state index contributed by atoms with van der Waals surface area (Å²) >= 11 is 0. The summed E-state index contributed by atoms with van der Waals surface area (Å²) in [4.78, 5) is 52.7. The largest absolute Gasteiger partial charge is 0.436 e. The molecule has 2 fully saturated rings. The molecule has 1 aromatic rings. The van der Waals surface area contributed by atoms with Gasteiger partial charge in [0.05, 0.1) is 5.69 Å². The van der Waals surface area contributed by atoms with E-state index in [9.17, 15) is 27.6 Å². The van der Waals surface area contributed by atoms with Crippen molar-refractivity contribution in [3.05, 3.63) is 42.5 Å². The van der Waals surface area contributed by atoms with Crippen LogP contribution in [0.25, 0.3) is 0 Å². The maximum absolute atomic E-state index is 13.4. The lowest BCUT2D eigenvalue weighted by Gasteiger charge is -2.29. The minimum Gasteiger partial charge on any atom is -0.436 e. The van der Waals surface area contributed by atoms with Gasteiger partial charge < -0.3 is 20.7 Å². The van der Waals surface area contributed by atoms with Gasteiger partial charge in [-0.05, 0) is 57.1 Å². The molecule has 2 heterocycles. The fourth-order valence-corrected chi connectivity index (χ4v) is 6.00. The molecule has 38 heavy (non-hydrogen) atoms. The number of primary amides is 1. The van der Waals surface area contributed by atoms with Gasteiger partial charge in [-0.15, -0.1) is 0 Å². The highest BCUT2D eigenvalue weighted by atomic mass is 32.2.